The van der Waals surface area contributed by atoms with Crippen LogP contribution in [0.1, 0.15) is 36.7 Å². The third kappa shape index (κ3) is 3.46. The van der Waals surface area contributed by atoms with Crippen LogP contribution in [0.4, 0.5) is 0 Å². The van der Waals surface area contributed by atoms with Crippen molar-refractivity contribution in [1.82, 2.24) is 4.98 Å². The predicted molar refractivity (Wildman–Crippen MR) is 82.8 cm³/mol. The third-order valence-corrected chi connectivity index (χ3v) is 3.16. The number of aliphatic carboxylic acids is 1. The smallest absolute Gasteiger partial charge is 0.339 e. The monoisotopic (exact) mass is 304 g/mol. The summed E-state index contributed by atoms with van der Waals surface area (Å²) in [5.41, 5.74) is 6.83. The summed E-state index contributed by atoms with van der Waals surface area (Å²) in [7, 11) is 0. The maximum Gasteiger partial charge on any atom is 0.339 e. The minimum absolute atomic E-state index is 0.134. The van der Waals surface area contributed by atoms with E-state index in [4.69, 9.17) is 15.6 Å². The van der Waals surface area contributed by atoms with Crippen LogP contribution in [0, 0.1) is 0 Å². The second-order valence-electron chi connectivity index (χ2n) is 6.19. The summed E-state index contributed by atoms with van der Waals surface area (Å²) in [6.07, 6.45) is 1.82. The normalized spacial score (nSPS) is 13.1. The maximum absolute atomic E-state index is 12.4. The van der Waals surface area contributed by atoms with Crippen LogP contribution in [0.25, 0.3) is 10.9 Å². The Hall–Kier alpha value is -2.34. The summed E-state index contributed by atoms with van der Waals surface area (Å²) < 4.78 is 5.41. The molecule has 0 bridgehead atoms. The lowest BCUT2D eigenvalue weighted by atomic mass is 10.0. The first kappa shape index (κ1) is 16.0. The Morgan fingerprint density at radius 2 is 2.05 bits per heavy atom. The van der Waals surface area contributed by atoms with Crippen molar-refractivity contribution in [3.05, 3.63) is 35.5 Å². The van der Waals surface area contributed by atoms with E-state index in [1.54, 1.807) is 39.1 Å². The molecule has 22 heavy (non-hydrogen) atoms. The van der Waals surface area contributed by atoms with Crippen molar-refractivity contribution in [3.63, 3.8) is 0 Å². The van der Waals surface area contributed by atoms with Crippen molar-refractivity contribution in [3.8, 4) is 0 Å². The summed E-state index contributed by atoms with van der Waals surface area (Å²) in [6.45, 7) is 5.39. The molecule has 0 aliphatic rings. The molecule has 118 valence electrons. The fraction of sp³-hybridized carbons (Fsp3) is 0.375. The number of carbonyl (C=O) groups is 2. The molecule has 2 rings (SSSR count). The molecule has 1 atom stereocenters. The highest BCUT2D eigenvalue weighted by atomic mass is 16.6. The van der Waals surface area contributed by atoms with E-state index in [1.165, 1.54) is 0 Å². The van der Waals surface area contributed by atoms with E-state index in [-0.39, 0.29) is 6.42 Å². The molecule has 0 spiro atoms. The van der Waals surface area contributed by atoms with Gasteiger partial charge >= 0.3 is 11.9 Å². The van der Waals surface area contributed by atoms with Crippen LogP contribution >= 0.6 is 0 Å². The molecule has 1 heterocycles. The molecule has 0 aliphatic heterocycles. The lowest BCUT2D eigenvalue weighted by Gasteiger charge is -2.20. The highest BCUT2D eigenvalue weighted by molar-refractivity contribution is 6.05. The zero-order valence-electron chi connectivity index (χ0n) is 12.8. The lowest BCUT2D eigenvalue weighted by Crippen LogP contribution is -2.32. The number of H-pyrrole nitrogens is 1. The first-order valence-corrected chi connectivity index (χ1v) is 7.00. The van der Waals surface area contributed by atoms with E-state index >= 15 is 0 Å². The van der Waals surface area contributed by atoms with Crippen molar-refractivity contribution in [2.24, 2.45) is 5.73 Å². The zero-order valence-corrected chi connectivity index (χ0v) is 12.8. The van der Waals surface area contributed by atoms with Gasteiger partial charge in [0.25, 0.3) is 0 Å². The highest BCUT2D eigenvalue weighted by Crippen LogP contribution is 2.25. The molecule has 1 aromatic carbocycles. The van der Waals surface area contributed by atoms with Crippen molar-refractivity contribution >= 4 is 22.8 Å². The molecule has 0 aliphatic carbocycles. The Balaban J connectivity index is 2.45. The number of carboxylic acid groups (broad SMARTS) is 1. The molecule has 0 amide bonds. The van der Waals surface area contributed by atoms with Gasteiger partial charge in [0, 0.05) is 23.5 Å². The van der Waals surface area contributed by atoms with Gasteiger partial charge in [-0.05, 0) is 38.5 Å². The highest BCUT2D eigenvalue weighted by Gasteiger charge is 2.22. The number of carboxylic acids is 1. The molecule has 6 heteroatoms. The number of nitrogens with one attached hydrogen (secondary N) is 1. The predicted octanol–water partition coefficient (Wildman–Crippen LogP) is 2.08. The summed E-state index contributed by atoms with van der Waals surface area (Å²) in [4.78, 5) is 26.3. The average molecular weight is 304 g/mol. The quantitative estimate of drug-likeness (QED) is 0.750. The molecule has 0 saturated carbocycles. The van der Waals surface area contributed by atoms with Crippen LogP contribution in [0.5, 0.6) is 0 Å². The van der Waals surface area contributed by atoms with Crippen LogP contribution in [-0.4, -0.2) is 33.7 Å². The summed E-state index contributed by atoms with van der Waals surface area (Å²) in [5.74, 6) is -1.52. The first-order valence-electron chi connectivity index (χ1n) is 7.00. The molecule has 0 saturated heterocycles. The third-order valence-electron chi connectivity index (χ3n) is 3.16. The van der Waals surface area contributed by atoms with Gasteiger partial charge in [0.2, 0.25) is 0 Å². The molecule has 6 nitrogen and oxygen atoms in total. The fourth-order valence-electron chi connectivity index (χ4n) is 2.24. The van der Waals surface area contributed by atoms with Gasteiger partial charge in [-0.1, -0.05) is 6.07 Å². The van der Waals surface area contributed by atoms with E-state index in [0.29, 0.717) is 16.5 Å². The fourth-order valence-corrected chi connectivity index (χ4v) is 2.24. The molecular formula is C16H20N2O4. The second-order valence-corrected chi connectivity index (χ2v) is 6.19. The Labute approximate surface area is 128 Å². The van der Waals surface area contributed by atoms with Crippen LogP contribution in [0.2, 0.25) is 0 Å². The molecule has 2 aromatic rings. The maximum atomic E-state index is 12.4. The number of carbonyl (C=O) groups excluding carboxylic acids is 1. The zero-order chi connectivity index (χ0) is 16.5. The number of nitrogens with two attached hydrogens (primary N) is 1. The van der Waals surface area contributed by atoms with Crippen molar-refractivity contribution in [1.29, 1.82) is 0 Å². The number of hydrogen-bond acceptors (Lipinski definition) is 4. The minimum Gasteiger partial charge on any atom is -0.480 e. The van der Waals surface area contributed by atoms with Crippen LogP contribution in [0.3, 0.4) is 0 Å². The number of aromatic amines is 1. The van der Waals surface area contributed by atoms with E-state index in [2.05, 4.69) is 4.98 Å². The minimum atomic E-state index is -1.08. The van der Waals surface area contributed by atoms with Crippen LogP contribution in [0.15, 0.2) is 24.4 Å². The molecule has 0 fully saturated rings. The van der Waals surface area contributed by atoms with Gasteiger partial charge in [0.05, 0.1) is 5.56 Å². The summed E-state index contributed by atoms with van der Waals surface area (Å²) in [6, 6.07) is 4.21. The molecule has 4 N–H and O–H groups in total. The topological polar surface area (TPSA) is 105 Å². The van der Waals surface area contributed by atoms with Crippen molar-refractivity contribution in [2.75, 3.05) is 0 Å². The van der Waals surface area contributed by atoms with E-state index in [0.717, 1.165) is 5.52 Å². The number of benzene rings is 1. The Kier molecular flexibility index (Phi) is 4.23. The van der Waals surface area contributed by atoms with Gasteiger partial charge in [0.1, 0.15) is 11.6 Å². The summed E-state index contributed by atoms with van der Waals surface area (Å²) >= 11 is 0. The molecular weight excluding hydrogens is 284 g/mol. The number of rotatable bonds is 4. The Morgan fingerprint density at radius 3 is 2.64 bits per heavy atom. The van der Waals surface area contributed by atoms with Gasteiger partial charge in [0.15, 0.2) is 0 Å². The standard InChI is InChI=1S/C16H20N2O4/c1-16(2,3)22-15(21)10-5-4-6-12-13(10)9(8-18-12)7-11(17)14(19)20/h4-6,8,11,18H,7,17H2,1-3H3,(H,19,20)/t11-/m0/s1. The SMILES string of the molecule is CC(C)(C)OC(=O)c1cccc2[nH]cc(C[C@H](N)C(=O)O)c12. The van der Waals surface area contributed by atoms with Crippen molar-refractivity contribution < 1.29 is 19.4 Å². The lowest BCUT2D eigenvalue weighted by molar-refractivity contribution is -0.138. The van der Waals surface area contributed by atoms with Gasteiger partial charge in [-0.25, -0.2) is 4.79 Å². The number of hydrogen-bond donors (Lipinski definition) is 3. The van der Waals surface area contributed by atoms with Gasteiger partial charge in [-0.3, -0.25) is 4.79 Å². The second kappa shape index (κ2) is 5.81. The Morgan fingerprint density at radius 1 is 1.36 bits per heavy atom. The molecule has 0 radical (unpaired) electrons. The largest absolute Gasteiger partial charge is 0.480 e. The first-order chi connectivity index (χ1) is 10.2. The van der Waals surface area contributed by atoms with E-state index < -0.39 is 23.6 Å². The van der Waals surface area contributed by atoms with E-state index in [9.17, 15) is 9.59 Å². The summed E-state index contributed by atoms with van der Waals surface area (Å²) in [5, 5.41) is 9.62. The number of fused-ring (bicyclic) bond motifs is 1. The van der Waals surface area contributed by atoms with Crippen LogP contribution < -0.4 is 5.73 Å². The van der Waals surface area contributed by atoms with Crippen molar-refractivity contribution in [2.45, 2.75) is 38.8 Å². The molecule has 0 unspecified atom stereocenters. The van der Waals surface area contributed by atoms with Crippen LogP contribution in [-0.2, 0) is 16.0 Å². The van der Waals surface area contributed by atoms with Gasteiger partial charge in [-0.2, -0.15) is 0 Å². The average Bonchev–Trinajstić information content (AvgIpc) is 2.79. The number of esters is 1. The van der Waals surface area contributed by atoms with E-state index in [1.807, 2.05) is 6.07 Å². The van der Waals surface area contributed by atoms with Gasteiger partial charge in [-0.15, -0.1) is 0 Å². The number of ether oxygens (including phenoxy) is 1. The Bertz CT molecular complexity index is 712. The van der Waals surface area contributed by atoms with Gasteiger partial charge < -0.3 is 20.6 Å². The molecule has 1 aromatic heterocycles. The number of aromatic nitrogens is 1.